The van der Waals surface area contributed by atoms with E-state index in [0.29, 0.717) is 19.5 Å². The molecule has 5 heteroatoms. The van der Waals surface area contributed by atoms with E-state index in [9.17, 15) is 9.59 Å². The molecule has 2 amide bonds. The van der Waals surface area contributed by atoms with E-state index in [1.165, 1.54) is 0 Å². The molecule has 27 heavy (non-hydrogen) atoms. The van der Waals surface area contributed by atoms with Crippen molar-refractivity contribution >= 4 is 11.8 Å². The molecule has 0 unspecified atom stereocenters. The highest BCUT2D eigenvalue weighted by Gasteiger charge is 2.34. The molecule has 0 aromatic heterocycles. The summed E-state index contributed by atoms with van der Waals surface area (Å²) in [4.78, 5) is 29.0. The van der Waals surface area contributed by atoms with E-state index in [1.54, 1.807) is 7.11 Å². The van der Waals surface area contributed by atoms with Gasteiger partial charge in [0.05, 0.1) is 13.5 Å². The number of carbonyl (C=O) groups excluding carboxylic acids is 2. The minimum atomic E-state index is -0.0450. The number of benzene rings is 1. The average molecular weight is 373 g/mol. The molecule has 0 radical (unpaired) electrons. The Labute approximate surface area is 162 Å². The predicted molar refractivity (Wildman–Crippen MR) is 106 cm³/mol. The molecule has 148 valence electrons. The van der Waals surface area contributed by atoms with Crippen molar-refractivity contribution in [2.75, 3.05) is 33.3 Å². The predicted octanol–water partition coefficient (Wildman–Crippen LogP) is 3.01. The van der Waals surface area contributed by atoms with Crippen LogP contribution in [0.5, 0.6) is 5.75 Å². The van der Waals surface area contributed by atoms with Gasteiger partial charge in [-0.3, -0.25) is 9.59 Å². The van der Waals surface area contributed by atoms with E-state index in [2.05, 4.69) is 26.8 Å². The molecule has 0 bridgehead atoms. The third-order valence-electron chi connectivity index (χ3n) is 5.51. The Morgan fingerprint density at radius 3 is 2.37 bits per heavy atom. The first kappa shape index (κ1) is 19.7. The topological polar surface area (TPSA) is 49.9 Å². The molecule has 1 aromatic carbocycles. The molecule has 1 aliphatic carbocycles. The van der Waals surface area contributed by atoms with Gasteiger partial charge < -0.3 is 14.5 Å². The van der Waals surface area contributed by atoms with Gasteiger partial charge in [0.1, 0.15) is 5.75 Å². The van der Waals surface area contributed by atoms with Gasteiger partial charge in [-0.1, -0.05) is 32.9 Å². The van der Waals surface area contributed by atoms with Crippen molar-refractivity contribution in [3.8, 4) is 5.75 Å². The number of nitrogens with zero attached hydrogens (tertiary/aromatic N) is 2. The van der Waals surface area contributed by atoms with E-state index in [-0.39, 0.29) is 23.1 Å². The lowest BCUT2D eigenvalue weighted by Gasteiger charge is -2.24. The molecule has 1 heterocycles. The van der Waals surface area contributed by atoms with Gasteiger partial charge in [0.25, 0.3) is 0 Å². The summed E-state index contributed by atoms with van der Waals surface area (Å²) >= 11 is 0. The standard InChI is InChI=1S/C22H32N2O3/c1-22(2,3)18-14-16(6-9-19(18)27-4)15-20(25)23-10-5-11-24(13-12-23)21(26)17-7-8-17/h6,9,14,17H,5,7-8,10-13,15H2,1-4H3. The molecule has 0 atom stereocenters. The SMILES string of the molecule is COc1ccc(CC(=O)N2CCCN(C(=O)C3CC3)CC2)cc1C(C)(C)C. The minimum Gasteiger partial charge on any atom is -0.496 e. The van der Waals surface area contributed by atoms with Crippen LogP contribution in [0.15, 0.2) is 18.2 Å². The summed E-state index contributed by atoms with van der Waals surface area (Å²) in [5.41, 5.74) is 2.09. The van der Waals surface area contributed by atoms with Crippen molar-refractivity contribution in [3.05, 3.63) is 29.3 Å². The van der Waals surface area contributed by atoms with E-state index in [4.69, 9.17) is 4.74 Å². The van der Waals surface area contributed by atoms with Crippen LogP contribution in [0.4, 0.5) is 0 Å². The van der Waals surface area contributed by atoms with Gasteiger partial charge in [-0.05, 0) is 41.9 Å². The van der Waals surface area contributed by atoms with Gasteiger partial charge >= 0.3 is 0 Å². The van der Waals surface area contributed by atoms with Crippen molar-refractivity contribution in [1.82, 2.24) is 9.80 Å². The maximum absolute atomic E-state index is 12.8. The third kappa shape index (κ3) is 4.82. The van der Waals surface area contributed by atoms with Crippen LogP contribution in [-0.4, -0.2) is 54.9 Å². The van der Waals surface area contributed by atoms with Gasteiger partial charge in [-0.2, -0.15) is 0 Å². The van der Waals surface area contributed by atoms with E-state index in [1.807, 2.05) is 21.9 Å². The van der Waals surface area contributed by atoms with E-state index >= 15 is 0 Å². The van der Waals surface area contributed by atoms with Crippen molar-refractivity contribution < 1.29 is 14.3 Å². The number of ether oxygens (including phenoxy) is 1. The molecular formula is C22H32N2O3. The highest BCUT2D eigenvalue weighted by molar-refractivity contribution is 5.81. The lowest BCUT2D eigenvalue weighted by molar-refractivity contribution is -0.134. The fraction of sp³-hybridized carbons (Fsp3) is 0.636. The Morgan fingerprint density at radius 2 is 1.74 bits per heavy atom. The number of hydrogen-bond acceptors (Lipinski definition) is 3. The average Bonchev–Trinajstić information content (AvgIpc) is 3.46. The second-order valence-corrected chi connectivity index (χ2v) is 8.80. The van der Waals surface area contributed by atoms with Gasteiger partial charge in [0, 0.05) is 32.1 Å². The summed E-state index contributed by atoms with van der Waals surface area (Å²) in [6.45, 7) is 9.26. The number of hydrogen-bond donors (Lipinski definition) is 0. The Balaban J connectivity index is 1.64. The maximum atomic E-state index is 12.8. The molecule has 2 aliphatic rings. The number of methoxy groups -OCH3 is 1. The van der Waals surface area contributed by atoms with Gasteiger partial charge in [-0.25, -0.2) is 0 Å². The Morgan fingerprint density at radius 1 is 1.07 bits per heavy atom. The van der Waals surface area contributed by atoms with Crippen molar-refractivity contribution in [2.24, 2.45) is 5.92 Å². The highest BCUT2D eigenvalue weighted by Crippen LogP contribution is 2.33. The van der Waals surface area contributed by atoms with Crippen molar-refractivity contribution in [2.45, 2.75) is 51.9 Å². The fourth-order valence-corrected chi connectivity index (χ4v) is 3.71. The molecule has 1 saturated carbocycles. The maximum Gasteiger partial charge on any atom is 0.227 e. The molecule has 0 N–H and O–H groups in total. The molecule has 1 saturated heterocycles. The lowest BCUT2D eigenvalue weighted by Crippen LogP contribution is -2.38. The Hall–Kier alpha value is -2.04. The first-order valence-corrected chi connectivity index (χ1v) is 10.0. The summed E-state index contributed by atoms with van der Waals surface area (Å²) in [5, 5.41) is 0. The normalized spacial score (nSPS) is 18.2. The van der Waals surface area contributed by atoms with Gasteiger partial charge in [0.2, 0.25) is 11.8 Å². The largest absolute Gasteiger partial charge is 0.496 e. The smallest absolute Gasteiger partial charge is 0.227 e. The Kier molecular flexibility index (Phi) is 5.78. The van der Waals surface area contributed by atoms with Crippen LogP contribution in [0, 0.1) is 5.92 Å². The highest BCUT2D eigenvalue weighted by atomic mass is 16.5. The van der Waals surface area contributed by atoms with Crippen LogP contribution < -0.4 is 4.74 Å². The van der Waals surface area contributed by atoms with E-state index in [0.717, 1.165) is 49.2 Å². The zero-order valence-electron chi connectivity index (χ0n) is 17.1. The molecule has 5 nitrogen and oxygen atoms in total. The molecule has 1 aliphatic heterocycles. The van der Waals surface area contributed by atoms with Crippen LogP contribution in [-0.2, 0) is 21.4 Å². The van der Waals surface area contributed by atoms with Crippen LogP contribution in [0.2, 0.25) is 0 Å². The van der Waals surface area contributed by atoms with E-state index < -0.39 is 0 Å². The summed E-state index contributed by atoms with van der Waals surface area (Å²) in [6.07, 6.45) is 3.32. The van der Waals surface area contributed by atoms with Gasteiger partial charge in [-0.15, -0.1) is 0 Å². The lowest BCUT2D eigenvalue weighted by atomic mass is 9.85. The zero-order chi connectivity index (χ0) is 19.6. The van der Waals surface area contributed by atoms with Crippen molar-refractivity contribution in [1.29, 1.82) is 0 Å². The van der Waals surface area contributed by atoms with Crippen LogP contribution in [0.1, 0.15) is 51.2 Å². The zero-order valence-corrected chi connectivity index (χ0v) is 17.1. The fourth-order valence-electron chi connectivity index (χ4n) is 3.71. The number of amides is 2. The van der Waals surface area contributed by atoms with Crippen LogP contribution in [0.3, 0.4) is 0 Å². The Bertz CT molecular complexity index is 704. The molecular weight excluding hydrogens is 340 g/mol. The summed E-state index contributed by atoms with van der Waals surface area (Å²) < 4.78 is 5.49. The molecule has 2 fully saturated rings. The monoisotopic (exact) mass is 372 g/mol. The quantitative estimate of drug-likeness (QED) is 0.816. The van der Waals surface area contributed by atoms with Gasteiger partial charge in [0.15, 0.2) is 0 Å². The first-order chi connectivity index (χ1) is 12.8. The molecule has 1 aromatic rings. The van der Waals surface area contributed by atoms with Crippen LogP contribution >= 0.6 is 0 Å². The van der Waals surface area contributed by atoms with Crippen molar-refractivity contribution in [3.63, 3.8) is 0 Å². The number of carbonyl (C=O) groups is 2. The third-order valence-corrected chi connectivity index (χ3v) is 5.51. The summed E-state index contributed by atoms with van der Waals surface area (Å²) in [6, 6.07) is 6.03. The van der Waals surface area contributed by atoms with Crippen LogP contribution in [0.25, 0.3) is 0 Å². The number of rotatable bonds is 4. The minimum absolute atomic E-state index is 0.0450. The first-order valence-electron chi connectivity index (χ1n) is 10.0. The molecule has 0 spiro atoms. The summed E-state index contributed by atoms with van der Waals surface area (Å²) in [7, 11) is 1.68. The second-order valence-electron chi connectivity index (χ2n) is 8.80. The molecule has 3 rings (SSSR count). The second kappa shape index (κ2) is 7.91. The summed E-state index contributed by atoms with van der Waals surface area (Å²) in [5.74, 6) is 1.54.